The van der Waals surface area contributed by atoms with Crippen LogP contribution in [0.2, 0.25) is 0 Å². The second-order valence-corrected chi connectivity index (χ2v) is 7.07. The minimum Gasteiger partial charge on any atom is -0.353 e. The average molecular weight is 292 g/mol. The molecule has 1 N–H and O–H groups in total. The van der Waals surface area contributed by atoms with Crippen molar-refractivity contribution in [1.82, 2.24) is 10.2 Å². The van der Waals surface area contributed by atoms with Crippen LogP contribution in [0, 0.1) is 11.8 Å². The number of nitrogens with zero attached hydrogens (tertiary/aromatic N) is 1. The average Bonchev–Trinajstić information content (AvgIpc) is 2.46. The van der Waals surface area contributed by atoms with Gasteiger partial charge in [0.25, 0.3) is 0 Å². The Morgan fingerprint density at radius 3 is 1.95 bits per heavy atom. The number of hydrogen-bond acceptors (Lipinski definition) is 2. The van der Waals surface area contributed by atoms with Crippen molar-refractivity contribution in [3.05, 3.63) is 0 Å². The van der Waals surface area contributed by atoms with Crippen molar-refractivity contribution in [1.29, 1.82) is 0 Å². The maximum Gasteiger partial charge on any atom is 0.225 e. The highest BCUT2D eigenvalue weighted by Gasteiger charge is 2.31. The number of rotatable bonds is 3. The van der Waals surface area contributed by atoms with Crippen LogP contribution in [0.3, 0.4) is 0 Å². The molecule has 3 rings (SSSR count). The van der Waals surface area contributed by atoms with Gasteiger partial charge in [-0.3, -0.25) is 9.59 Å². The molecule has 2 saturated carbocycles. The van der Waals surface area contributed by atoms with E-state index >= 15 is 0 Å². The van der Waals surface area contributed by atoms with Crippen LogP contribution in [0.1, 0.15) is 64.2 Å². The molecule has 118 valence electrons. The number of hydrogen-bond donors (Lipinski definition) is 1. The lowest BCUT2D eigenvalue weighted by Gasteiger charge is -2.36. The molecule has 4 nitrogen and oxygen atoms in total. The van der Waals surface area contributed by atoms with Crippen molar-refractivity contribution < 1.29 is 9.59 Å². The van der Waals surface area contributed by atoms with E-state index in [-0.39, 0.29) is 23.8 Å². The third-order valence-electron chi connectivity index (χ3n) is 5.58. The van der Waals surface area contributed by atoms with E-state index in [2.05, 4.69) is 5.32 Å². The van der Waals surface area contributed by atoms with Gasteiger partial charge in [-0.25, -0.2) is 0 Å². The van der Waals surface area contributed by atoms with Crippen molar-refractivity contribution in [2.45, 2.75) is 70.3 Å². The third kappa shape index (κ3) is 3.58. The summed E-state index contributed by atoms with van der Waals surface area (Å²) in [6, 6.07) is 0.286. The van der Waals surface area contributed by atoms with Crippen LogP contribution in [-0.2, 0) is 9.59 Å². The molecule has 0 aromatic heterocycles. The molecule has 3 aliphatic rings. The second-order valence-electron chi connectivity index (χ2n) is 7.07. The van der Waals surface area contributed by atoms with Crippen LogP contribution >= 0.6 is 0 Å². The molecule has 2 aliphatic carbocycles. The highest BCUT2D eigenvalue weighted by atomic mass is 16.2. The Hall–Kier alpha value is -1.06. The molecule has 1 saturated heterocycles. The van der Waals surface area contributed by atoms with Gasteiger partial charge in [0, 0.05) is 31.0 Å². The zero-order chi connectivity index (χ0) is 14.7. The third-order valence-corrected chi connectivity index (χ3v) is 5.58. The van der Waals surface area contributed by atoms with Crippen molar-refractivity contribution >= 4 is 11.8 Å². The Bertz CT molecular complexity index is 378. The van der Waals surface area contributed by atoms with Gasteiger partial charge in [0.15, 0.2) is 0 Å². The molecular weight excluding hydrogens is 264 g/mol. The van der Waals surface area contributed by atoms with Crippen LogP contribution in [0.15, 0.2) is 0 Å². The summed E-state index contributed by atoms with van der Waals surface area (Å²) in [6.45, 7) is 1.65. The fraction of sp³-hybridized carbons (Fsp3) is 0.882. The van der Waals surface area contributed by atoms with Gasteiger partial charge in [-0.2, -0.15) is 0 Å². The predicted octanol–water partition coefficient (Wildman–Crippen LogP) is 2.47. The lowest BCUT2D eigenvalue weighted by atomic mass is 9.84. The van der Waals surface area contributed by atoms with Gasteiger partial charge >= 0.3 is 0 Å². The van der Waals surface area contributed by atoms with Crippen molar-refractivity contribution in [2.75, 3.05) is 13.1 Å². The summed E-state index contributed by atoms with van der Waals surface area (Å²) in [5.74, 6) is 1.17. The summed E-state index contributed by atoms with van der Waals surface area (Å²) in [6.07, 6.45) is 11.1. The first kappa shape index (κ1) is 14.9. The predicted molar refractivity (Wildman–Crippen MR) is 81.7 cm³/mol. The number of piperidine rings is 1. The van der Waals surface area contributed by atoms with Gasteiger partial charge in [0.2, 0.25) is 11.8 Å². The van der Waals surface area contributed by atoms with E-state index in [0.717, 1.165) is 51.6 Å². The molecule has 1 aliphatic heterocycles. The van der Waals surface area contributed by atoms with E-state index in [4.69, 9.17) is 0 Å². The highest BCUT2D eigenvalue weighted by Crippen LogP contribution is 2.28. The Morgan fingerprint density at radius 2 is 1.38 bits per heavy atom. The SMILES string of the molecule is O=C(NC1CCN(C(=O)C2CCCCC2)CC1)C1CCC1. The van der Waals surface area contributed by atoms with Crippen molar-refractivity contribution in [2.24, 2.45) is 11.8 Å². The molecule has 4 heteroatoms. The first-order valence-corrected chi connectivity index (χ1v) is 8.83. The van der Waals surface area contributed by atoms with Gasteiger partial charge in [-0.1, -0.05) is 25.7 Å². The highest BCUT2D eigenvalue weighted by molar-refractivity contribution is 5.80. The van der Waals surface area contributed by atoms with E-state index in [1.165, 1.54) is 25.7 Å². The Balaban J connectivity index is 1.41. The molecule has 0 bridgehead atoms. The zero-order valence-electron chi connectivity index (χ0n) is 13.0. The number of amides is 2. The minimum atomic E-state index is 0.248. The normalized spacial score (nSPS) is 25.4. The summed E-state index contributed by atoms with van der Waals surface area (Å²) in [5.41, 5.74) is 0. The van der Waals surface area contributed by atoms with E-state index in [0.29, 0.717) is 5.91 Å². The molecule has 0 spiro atoms. The van der Waals surface area contributed by atoms with Crippen LogP contribution in [0.25, 0.3) is 0 Å². The first-order valence-electron chi connectivity index (χ1n) is 8.83. The smallest absolute Gasteiger partial charge is 0.225 e. The van der Waals surface area contributed by atoms with Gasteiger partial charge in [0.1, 0.15) is 0 Å². The quantitative estimate of drug-likeness (QED) is 0.868. The maximum absolute atomic E-state index is 12.5. The monoisotopic (exact) mass is 292 g/mol. The second kappa shape index (κ2) is 6.80. The first-order chi connectivity index (χ1) is 10.2. The molecule has 21 heavy (non-hydrogen) atoms. The zero-order valence-corrected chi connectivity index (χ0v) is 13.0. The number of likely N-dealkylation sites (tertiary alicyclic amines) is 1. The fourth-order valence-corrected chi connectivity index (χ4v) is 3.84. The van der Waals surface area contributed by atoms with Gasteiger partial charge < -0.3 is 10.2 Å². The van der Waals surface area contributed by atoms with E-state index < -0.39 is 0 Å². The van der Waals surface area contributed by atoms with Crippen LogP contribution in [-0.4, -0.2) is 35.8 Å². The number of nitrogens with one attached hydrogen (secondary N) is 1. The van der Waals surface area contributed by atoms with E-state index in [1.807, 2.05) is 4.90 Å². The lowest BCUT2D eigenvalue weighted by Crippen LogP contribution is -2.49. The van der Waals surface area contributed by atoms with Gasteiger partial charge in [-0.15, -0.1) is 0 Å². The molecule has 0 aromatic rings. The fourth-order valence-electron chi connectivity index (χ4n) is 3.84. The standard InChI is InChI=1S/C17H28N2O2/c20-16(13-7-4-8-13)18-15-9-11-19(12-10-15)17(21)14-5-2-1-3-6-14/h13-15H,1-12H2,(H,18,20). The van der Waals surface area contributed by atoms with Crippen molar-refractivity contribution in [3.8, 4) is 0 Å². The lowest BCUT2D eigenvalue weighted by molar-refractivity contribution is -0.137. The molecule has 2 amide bonds. The summed E-state index contributed by atoms with van der Waals surface area (Å²) in [4.78, 5) is 26.5. The van der Waals surface area contributed by atoms with Crippen LogP contribution in [0.4, 0.5) is 0 Å². The molecular formula is C17H28N2O2. The van der Waals surface area contributed by atoms with Crippen LogP contribution in [0.5, 0.6) is 0 Å². The van der Waals surface area contributed by atoms with Gasteiger partial charge in [0.05, 0.1) is 0 Å². The molecule has 1 heterocycles. The number of carbonyl (C=O) groups excluding carboxylic acids is 2. The molecule has 0 aromatic carbocycles. The van der Waals surface area contributed by atoms with Crippen LogP contribution < -0.4 is 5.32 Å². The number of carbonyl (C=O) groups is 2. The summed E-state index contributed by atoms with van der Waals surface area (Å²) < 4.78 is 0. The molecule has 3 fully saturated rings. The summed E-state index contributed by atoms with van der Waals surface area (Å²) in [7, 11) is 0. The Morgan fingerprint density at radius 1 is 0.762 bits per heavy atom. The topological polar surface area (TPSA) is 49.4 Å². The summed E-state index contributed by atoms with van der Waals surface area (Å²) >= 11 is 0. The maximum atomic E-state index is 12.5. The molecule has 0 atom stereocenters. The molecule has 0 unspecified atom stereocenters. The molecule has 0 radical (unpaired) electrons. The minimum absolute atomic E-state index is 0.248. The van der Waals surface area contributed by atoms with E-state index in [9.17, 15) is 9.59 Å². The Labute approximate surface area is 127 Å². The largest absolute Gasteiger partial charge is 0.353 e. The Kier molecular flexibility index (Phi) is 4.81. The van der Waals surface area contributed by atoms with Crippen molar-refractivity contribution in [3.63, 3.8) is 0 Å². The van der Waals surface area contributed by atoms with E-state index in [1.54, 1.807) is 0 Å². The van der Waals surface area contributed by atoms with Gasteiger partial charge in [-0.05, 0) is 38.5 Å². The summed E-state index contributed by atoms with van der Waals surface area (Å²) in [5, 5.41) is 3.18.